The van der Waals surface area contributed by atoms with Crippen LogP contribution in [0.5, 0.6) is 0 Å². The molecule has 0 saturated heterocycles. The van der Waals surface area contributed by atoms with Crippen LogP contribution in [-0.4, -0.2) is 27.3 Å². The van der Waals surface area contributed by atoms with Gasteiger partial charge < -0.3 is 10.6 Å². The van der Waals surface area contributed by atoms with E-state index in [1.165, 1.54) is 25.0 Å². The van der Waals surface area contributed by atoms with Crippen molar-refractivity contribution in [3.63, 3.8) is 0 Å². The molecule has 0 unspecified atom stereocenters. The lowest BCUT2D eigenvalue weighted by atomic mass is 10.1. The van der Waals surface area contributed by atoms with Crippen LogP contribution in [0, 0.1) is 5.82 Å². The maximum absolute atomic E-state index is 13.2. The summed E-state index contributed by atoms with van der Waals surface area (Å²) in [5.41, 5.74) is 3.77. The van der Waals surface area contributed by atoms with Crippen LogP contribution in [0.4, 0.5) is 14.9 Å². The fraction of sp³-hybridized carbons (Fsp3) is 0.250. The van der Waals surface area contributed by atoms with E-state index in [1.807, 2.05) is 23.0 Å². The van der Waals surface area contributed by atoms with Gasteiger partial charge in [0, 0.05) is 42.3 Å². The summed E-state index contributed by atoms with van der Waals surface area (Å²) in [4.78, 5) is 16.0. The van der Waals surface area contributed by atoms with Crippen LogP contribution < -0.4 is 10.6 Å². The average molecular weight is 365 g/mol. The molecule has 2 heterocycles. The smallest absolute Gasteiger partial charge is 0.319 e. The van der Waals surface area contributed by atoms with Crippen molar-refractivity contribution in [3.8, 4) is 11.1 Å². The van der Waals surface area contributed by atoms with E-state index < -0.39 is 0 Å². The predicted octanol–water partition coefficient (Wildman–Crippen LogP) is 3.78. The van der Waals surface area contributed by atoms with E-state index in [0.29, 0.717) is 24.7 Å². The second-order valence-electron chi connectivity index (χ2n) is 6.59. The highest BCUT2D eigenvalue weighted by Gasteiger charge is 2.29. The van der Waals surface area contributed by atoms with Crippen molar-refractivity contribution in [3.05, 3.63) is 66.5 Å². The minimum Gasteiger partial charge on any atom is -0.336 e. The summed E-state index contributed by atoms with van der Waals surface area (Å²) in [5, 5.41) is 10.1. The number of nitrogens with one attached hydrogen (secondary N) is 2. The molecule has 4 rings (SSSR count). The molecule has 1 aromatic carbocycles. The molecule has 6 nitrogen and oxygen atoms in total. The highest BCUT2D eigenvalue weighted by atomic mass is 19.1. The summed E-state index contributed by atoms with van der Waals surface area (Å²) in [6, 6.07) is 9.39. The summed E-state index contributed by atoms with van der Waals surface area (Å²) >= 11 is 0. The first kappa shape index (κ1) is 17.2. The van der Waals surface area contributed by atoms with E-state index >= 15 is 0 Å². The average Bonchev–Trinajstić information content (AvgIpc) is 3.42. The molecule has 0 bridgehead atoms. The monoisotopic (exact) mass is 365 g/mol. The zero-order valence-electron chi connectivity index (χ0n) is 14.7. The first-order valence-corrected chi connectivity index (χ1v) is 8.97. The van der Waals surface area contributed by atoms with Gasteiger partial charge in [-0.15, -0.1) is 0 Å². The molecule has 2 N–H and O–H groups in total. The molecule has 1 aliphatic carbocycles. The maximum atomic E-state index is 13.2. The Bertz CT molecular complexity index is 937. The molecular formula is C20H20FN5O. The quantitative estimate of drug-likeness (QED) is 0.698. The van der Waals surface area contributed by atoms with Gasteiger partial charge in [0.2, 0.25) is 0 Å². The Morgan fingerprint density at radius 2 is 2.04 bits per heavy atom. The minimum absolute atomic E-state index is 0.371. The van der Waals surface area contributed by atoms with Crippen LogP contribution in [-0.2, 0) is 6.54 Å². The fourth-order valence-corrected chi connectivity index (χ4v) is 2.99. The SMILES string of the molecule is O=C(NCCn1cc(-c2ccncc2)c(C2CC2)n1)Nc1cccc(F)c1. The molecule has 138 valence electrons. The number of hydrogen-bond donors (Lipinski definition) is 2. The summed E-state index contributed by atoms with van der Waals surface area (Å²) in [5.74, 6) is 0.138. The van der Waals surface area contributed by atoms with Crippen molar-refractivity contribution < 1.29 is 9.18 Å². The van der Waals surface area contributed by atoms with Gasteiger partial charge in [-0.25, -0.2) is 9.18 Å². The number of carbonyl (C=O) groups is 1. The van der Waals surface area contributed by atoms with E-state index in [0.717, 1.165) is 16.8 Å². The number of carbonyl (C=O) groups excluding carboxylic acids is 1. The van der Waals surface area contributed by atoms with Crippen molar-refractivity contribution in [2.75, 3.05) is 11.9 Å². The molecule has 0 aliphatic heterocycles. The zero-order chi connectivity index (χ0) is 18.6. The van der Waals surface area contributed by atoms with E-state index in [2.05, 4.69) is 15.6 Å². The van der Waals surface area contributed by atoms with Crippen molar-refractivity contribution >= 4 is 11.7 Å². The third-order valence-electron chi connectivity index (χ3n) is 4.45. The fourth-order valence-electron chi connectivity index (χ4n) is 2.99. The summed E-state index contributed by atoms with van der Waals surface area (Å²) in [6.45, 7) is 0.976. The molecule has 1 fully saturated rings. The van der Waals surface area contributed by atoms with Crippen LogP contribution in [0.3, 0.4) is 0 Å². The van der Waals surface area contributed by atoms with Gasteiger partial charge >= 0.3 is 6.03 Å². The second kappa shape index (κ2) is 7.57. The summed E-state index contributed by atoms with van der Waals surface area (Å²) < 4.78 is 15.0. The third-order valence-corrected chi connectivity index (χ3v) is 4.45. The van der Waals surface area contributed by atoms with Gasteiger partial charge in [-0.1, -0.05) is 6.07 Å². The Balaban J connectivity index is 1.36. The lowest BCUT2D eigenvalue weighted by molar-refractivity contribution is 0.251. The Morgan fingerprint density at radius 3 is 2.78 bits per heavy atom. The maximum Gasteiger partial charge on any atom is 0.319 e. The van der Waals surface area contributed by atoms with Gasteiger partial charge in [0.05, 0.1) is 12.2 Å². The number of anilines is 1. The number of aromatic nitrogens is 3. The zero-order valence-corrected chi connectivity index (χ0v) is 14.7. The number of rotatable bonds is 6. The molecule has 27 heavy (non-hydrogen) atoms. The topological polar surface area (TPSA) is 71.8 Å². The van der Waals surface area contributed by atoms with E-state index in [4.69, 9.17) is 5.10 Å². The molecule has 2 amide bonds. The number of amides is 2. The Morgan fingerprint density at radius 1 is 1.22 bits per heavy atom. The molecule has 1 saturated carbocycles. The molecule has 3 aromatic rings. The Kier molecular flexibility index (Phi) is 4.82. The third kappa shape index (κ3) is 4.31. The standard InChI is InChI=1S/C20H20FN5O/c21-16-2-1-3-17(12-16)24-20(27)23-10-11-26-13-18(14-6-8-22-9-7-14)19(25-26)15-4-5-15/h1-3,6-9,12-13,15H,4-5,10-11H2,(H2,23,24,27). The Hall–Kier alpha value is -3.22. The molecule has 0 atom stereocenters. The van der Waals surface area contributed by atoms with E-state index in [1.54, 1.807) is 24.5 Å². The van der Waals surface area contributed by atoms with E-state index in [-0.39, 0.29) is 11.8 Å². The minimum atomic E-state index is -0.388. The van der Waals surface area contributed by atoms with Gasteiger partial charge in [-0.3, -0.25) is 9.67 Å². The molecule has 0 radical (unpaired) electrons. The first-order chi connectivity index (χ1) is 13.2. The van der Waals surface area contributed by atoms with Crippen LogP contribution in [0.2, 0.25) is 0 Å². The van der Waals surface area contributed by atoms with Gasteiger partial charge in [0.25, 0.3) is 0 Å². The van der Waals surface area contributed by atoms with Crippen molar-refractivity contribution in [1.29, 1.82) is 0 Å². The highest BCUT2D eigenvalue weighted by molar-refractivity contribution is 5.89. The van der Waals surface area contributed by atoms with Gasteiger partial charge in [0.15, 0.2) is 0 Å². The number of nitrogens with zero attached hydrogens (tertiary/aromatic N) is 3. The second-order valence-corrected chi connectivity index (χ2v) is 6.59. The molecule has 1 aliphatic rings. The summed E-state index contributed by atoms with van der Waals surface area (Å²) in [7, 11) is 0. The van der Waals surface area contributed by atoms with Crippen molar-refractivity contribution in [2.24, 2.45) is 0 Å². The van der Waals surface area contributed by atoms with Crippen LogP contribution >= 0.6 is 0 Å². The van der Waals surface area contributed by atoms with Gasteiger partial charge in [0.1, 0.15) is 5.82 Å². The number of benzene rings is 1. The number of hydrogen-bond acceptors (Lipinski definition) is 3. The van der Waals surface area contributed by atoms with Gasteiger partial charge in [-0.05, 0) is 48.7 Å². The first-order valence-electron chi connectivity index (χ1n) is 8.97. The van der Waals surface area contributed by atoms with Crippen LogP contribution in [0.25, 0.3) is 11.1 Å². The predicted molar refractivity (Wildman–Crippen MR) is 101 cm³/mol. The van der Waals surface area contributed by atoms with Gasteiger partial charge in [-0.2, -0.15) is 5.10 Å². The molecule has 2 aromatic heterocycles. The van der Waals surface area contributed by atoms with Crippen LogP contribution in [0.15, 0.2) is 55.0 Å². The lowest BCUT2D eigenvalue weighted by Crippen LogP contribution is -2.31. The molecular weight excluding hydrogens is 345 g/mol. The molecule has 0 spiro atoms. The van der Waals surface area contributed by atoms with Crippen LogP contribution in [0.1, 0.15) is 24.5 Å². The number of pyridine rings is 1. The van der Waals surface area contributed by atoms with Crippen molar-refractivity contribution in [1.82, 2.24) is 20.1 Å². The molecule has 7 heteroatoms. The number of urea groups is 1. The summed E-state index contributed by atoms with van der Waals surface area (Å²) in [6.07, 6.45) is 7.92. The van der Waals surface area contributed by atoms with Crippen molar-refractivity contribution in [2.45, 2.75) is 25.3 Å². The largest absolute Gasteiger partial charge is 0.336 e. The lowest BCUT2D eigenvalue weighted by Gasteiger charge is -2.07. The number of halogens is 1. The van der Waals surface area contributed by atoms with E-state index in [9.17, 15) is 9.18 Å². The highest BCUT2D eigenvalue weighted by Crippen LogP contribution is 2.43. The Labute approximate surface area is 156 Å². The normalized spacial score (nSPS) is 13.4.